The third kappa shape index (κ3) is 5.18. The summed E-state index contributed by atoms with van der Waals surface area (Å²) < 4.78 is 31.9. The molecule has 0 fully saturated rings. The smallest absolute Gasteiger partial charge is 0.227 e. The highest BCUT2D eigenvalue weighted by Gasteiger charge is 2.25. The summed E-state index contributed by atoms with van der Waals surface area (Å²) in [6.07, 6.45) is -0.526. The maximum Gasteiger partial charge on any atom is 0.227 e. The van der Waals surface area contributed by atoms with Crippen LogP contribution < -0.4 is 9.47 Å². The fraction of sp³-hybridized carbons (Fsp3) is 0.200. The largest absolute Gasteiger partial charge is 0.486 e. The lowest BCUT2D eigenvalue weighted by Gasteiger charge is -2.28. The number of halogens is 1. The summed E-state index contributed by atoms with van der Waals surface area (Å²) >= 11 is 1.40. The summed E-state index contributed by atoms with van der Waals surface area (Å²) in [5.41, 5.74) is 3.52. The average molecular weight is 464 g/mol. The Bertz CT molecular complexity index is 1230. The van der Waals surface area contributed by atoms with Crippen LogP contribution in [0.15, 0.2) is 71.9 Å². The number of rotatable bonds is 7. The van der Waals surface area contributed by atoms with Gasteiger partial charge in [0.05, 0.1) is 6.61 Å². The number of nitrogens with one attached hydrogen (secondary N) is 1. The zero-order valence-corrected chi connectivity index (χ0v) is 18.8. The van der Waals surface area contributed by atoms with Crippen molar-refractivity contribution in [1.29, 1.82) is 0 Å². The number of aromatic nitrogens is 3. The van der Waals surface area contributed by atoms with Crippen molar-refractivity contribution in [3.8, 4) is 11.5 Å². The van der Waals surface area contributed by atoms with Crippen molar-refractivity contribution >= 4 is 11.8 Å². The second-order valence-corrected chi connectivity index (χ2v) is 8.62. The maximum absolute atomic E-state index is 14.2. The topological polar surface area (TPSA) is 69.3 Å². The van der Waals surface area contributed by atoms with Crippen molar-refractivity contribution < 1.29 is 18.6 Å². The first-order valence-corrected chi connectivity index (χ1v) is 11.5. The van der Waals surface area contributed by atoms with E-state index in [1.807, 2.05) is 61.5 Å². The van der Waals surface area contributed by atoms with Gasteiger partial charge in [0, 0.05) is 22.4 Å². The summed E-state index contributed by atoms with van der Waals surface area (Å²) in [4.78, 5) is 4.47. The van der Waals surface area contributed by atoms with Crippen LogP contribution in [0.4, 0.5) is 4.39 Å². The van der Waals surface area contributed by atoms with E-state index in [0.29, 0.717) is 28.0 Å². The second-order valence-electron chi connectivity index (χ2n) is 7.68. The normalized spacial score (nSPS) is 15.0. The Hall–Kier alpha value is -3.36. The highest BCUT2D eigenvalue weighted by Crippen LogP contribution is 2.38. The molecule has 0 radical (unpaired) electrons. The minimum absolute atomic E-state index is 0.283. The molecule has 1 atom stereocenters. The van der Waals surface area contributed by atoms with Gasteiger partial charge >= 0.3 is 0 Å². The molecule has 1 aromatic heterocycles. The molecule has 3 aromatic carbocycles. The average Bonchev–Trinajstić information content (AvgIpc) is 3.30. The number of hydrogen-bond donors (Lipinski definition) is 1. The van der Waals surface area contributed by atoms with Crippen molar-refractivity contribution in [2.24, 2.45) is 0 Å². The molecule has 1 aliphatic rings. The minimum Gasteiger partial charge on any atom is -0.486 e. The van der Waals surface area contributed by atoms with Crippen LogP contribution in [0.5, 0.6) is 11.5 Å². The number of aromatic amines is 1. The van der Waals surface area contributed by atoms with E-state index in [1.165, 1.54) is 29.5 Å². The molecule has 0 amide bonds. The molecule has 5 rings (SSSR count). The van der Waals surface area contributed by atoms with Crippen LogP contribution in [-0.4, -0.2) is 15.2 Å². The Morgan fingerprint density at radius 3 is 2.76 bits per heavy atom. The molecular weight excluding hydrogens is 441 g/mol. The number of hydrogen-bond acceptors (Lipinski definition) is 6. The molecular formula is C25H22FN3O3S. The van der Waals surface area contributed by atoms with Gasteiger partial charge in [-0.15, -0.1) is 5.10 Å². The first-order valence-electron chi connectivity index (χ1n) is 10.5. The zero-order valence-electron chi connectivity index (χ0n) is 18.0. The van der Waals surface area contributed by atoms with E-state index in [0.717, 1.165) is 16.9 Å². The van der Waals surface area contributed by atoms with E-state index in [4.69, 9.17) is 14.2 Å². The molecule has 0 saturated heterocycles. The van der Waals surface area contributed by atoms with E-state index < -0.39 is 6.29 Å². The van der Waals surface area contributed by atoms with Crippen molar-refractivity contribution in [3.05, 3.63) is 101 Å². The monoisotopic (exact) mass is 463 g/mol. The van der Waals surface area contributed by atoms with Gasteiger partial charge in [0.25, 0.3) is 0 Å². The number of thioether (sulfide) groups is 1. The molecule has 8 heteroatoms. The van der Waals surface area contributed by atoms with Crippen LogP contribution in [-0.2, 0) is 23.7 Å². The van der Waals surface area contributed by atoms with Crippen LogP contribution in [0, 0.1) is 12.7 Å². The van der Waals surface area contributed by atoms with E-state index in [2.05, 4.69) is 15.2 Å². The van der Waals surface area contributed by atoms with Gasteiger partial charge in [0.15, 0.2) is 5.82 Å². The summed E-state index contributed by atoms with van der Waals surface area (Å²) in [6.45, 7) is 2.59. The molecule has 0 saturated carbocycles. The van der Waals surface area contributed by atoms with Crippen molar-refractivity contribution in [1.82, 2.24) is 15.2 Å². The van der Waals surface area contributed by atoms with Gasteiger partial charge in [-0.05, 0) is 31.2 Å². The van der Waals surface area contributed by atoms with Gasteiger partial charge in [-0.2, -0.15) is 0 Å². The number of H-pyrrole nitrogens is 1. The first-order chi connectivity index (χ1) is 16.1. The summed E-state index contributed by atoms with van der Waals surface area (Å²) in [5.74, 6) is 2.18. The summed E-state index contributed by atoms with van der Waals surface area (Å²) in [5, 5.41) is 7.69. The molecule has 1 N–H and O–H groups in total. The first kappa shape index (κ1) is 21.5. The number of benzene rings is 3. The standard InChI is InChI=1S/C25H22FN3O3S/c1-16-7-9-21(10-8-16)30-14-22-27-25(29-28-22)33-15-19-12-20(26)11-18-13-31-24(32-23(18)19)17-5-3-2-4-6-17/h2-12,24H,13-15H2,1H3,(H,27,28,29)/t24-/m1/s1. The summed E-state index contributed by atoms with van der Waals surface area (Å²) in [7, 11) is 0. The maximum atomic E-state index is 14.2. The molecule has 0 unspecified atom stereocenters. The fourth-order valence-corrected chi connectivity index (χ4v) is 4.28. The second kappa shape index (κ2) is 9.64. The van der Waals surface area contributed by atoms with Gasteiger partial charge in [-0.3, -0.25) is 5.10 Å². The lowest BCUT2D eigenvalue weighted by Crippen LogP contribution is -2.19. The molecule has 2 heterocycles. The number of aryl methyl sites for hydroxylation is 1. The van der Waals surface area contributed by atoms with Crippen molar-refractivity contribution in [2.75, 3.05) is 0 Å². The lowest BCUT2D eigenvalue weighted by atomic mass is 10.1. The Labute approximate surface area is 195 Å². The lowest BCUT2D eigenvalue weighted by molar-refractivity contribution is -0.112. The Balaban J connectivity index is 1.25. The van der Waals surface area contributed by atoms with E-state index in [9.17, 15) is 4.39 Å². The van der Waals surface area contributed by atoms with E-state index in [-0.39, 0.29) is 19.0 Å². The van der Waals surface area contributed by atoms with Crippen LogP contribution in [0.25, 0.3) is 0 Å². The highest BCUT2D eigenvalue weighted by atomic mass is 32.2. The third-order valence-corrected chi connectivity index (χ3v) is 6.06. The van der Waals surface area contributed by atoms with Gasteiger partial charge in [0.1, 0.15) is 23.9 Å². The Morgan fingerprint density at radius 1 is 1.12 bits per heavy atom. The van der Waals surface area contributed by atoms with Crippen LogP contribution in [0.3, 0.4) is 0 Å². The SMILES string of the molecule is Cc1ccc(OCc2nc(SCc3cc(F)cc4c3O[C@H](c3ccccc3)OC4)n[nH]2)cc1. The van der Waals surface area contributed by atoms with Gasteiger partial charge in [-0.25, -0.2) is 9.37 Å². The minimum atomic E-state index is -0.526. The molecule has 4 aromatic rings. The predicted octanol–water partition coefficient (Wildman–Crippen LogP) is 5.73. The zero-order chi connectivity index (χ0) is 22.6. The highest BCUT2D eigenvalue weighted by molar-refractivity contribution is 7.98. The third-order valence-electron chi connectivity index (χ3n) is 5.16. The van der Waals surface area contributed by atoms with Crippen LogP contribution in [0.2, 0.25) is 0 Å². The fourth-order valence-electron chi connectivity index (χ4n) is 3.49. The Kier molecular flexibility index (Phi) is 6.28. The molecule has 33 heavy (non-hydrogen) atoms. The molecule has 0 aliphatic carbocycles. The summed E-state index contributed by atoms with van der Waals surface area (Å²) in [6, 6.07) is 20.5. The number of ether oxygens (including phenoxy) is 3. The molecule has 168 valence electrons. The number of nitrogens with zero attached hydrogens (tertiary/aromatic N) is 2. The quantitative estimate of drug-likeness (QED) is 0.353. The van der Waals surface area contributed by atoms with Gasteiger partial charge < -0.3 is 14.2 Å². The van der Waals surface area contributed by atoms with Crippen molar-refractivity contribution in [3.63, 3.8) is 0 Å². The molecule has 0 spiro atoms. The van der Waals surface area contributed by atoms with Gasteiger partial charge in [-0.1, -0.05) is 59.8 Å². The molecule has 0 bridgehead atoms. The Morgan fingerprint density at radius 2 is 1.94 bits per heavy atom. The van der Waals surface area contributed by atoms with Crippen LogP contribution >= 0.6 is 11.8 Å². The van der Waals surface area contributed by atoms with E-state index in [1.54, 1.807) is 0 Å². The van der Waals surface area contributed by atoms with E-state index >= 15 is 0 Å². The van der Waals surface area contributed by atoms with Gasteiger partial charge in [0.2, 0.25) is 11.4 Å². The van der Waals surface area contributed by atoms with Crippen molar-refractivity contribution in [2.45, 2.75) is 37.3 Å². The molecule has 6 nitrogen and oxygen atoms in total. The molecule has 1 aliphatic heterocycles. The van der Waals surface area contributed by atoms with Crippen LogP contribution in [0.1, 0.15) is 34.4 Å². The predicted molar refractivity (Wildman–Crippen MR) is 122 cm³/mol. The number of fused-ring (bicyclic) bond motifs is 1.